The Morgan fingerprint density at radius 1 is 1.18 bits per heavy atom. The lowest BCUT2D eigenvalue weighted by molar-refractivity contribution is 0.145. The second-order valence-corrected chi connectivity index (χ2v) is 5.54. The molecule has 0 radical (unpaired) electrons. The number of pyridine rings is 1. The van der Waals surface area contributed by atoms with Gasteiger partial charge in [-0.25, -0.2) is 9.37 Å². The summed E-state index contributed by atoms with van der Waals surface area (Å²) in [4.78, 5) is 6.61. The average Bonchev–Trinajstić information content (AvgIpc) is 2.55. The monoisotopic (exact) mass is 301 g/mol. The summed E-state index contributed by atoms with van der Waals surface area (Å²) in [6, 6.07) is 10.6. The minimum Gasteiger partial charge on any atom is -0.393 e. The highest BCUT2D eigenvalue weighted by Crippen LogP contribution is 2.26. The molecule has 1 aromatic heterocycles. The van der Waals surface area contributed by atoms with Gasteiger partial charge in [0.05, 0.1) is 11.8 Å². The van der Waals surface area contributed by atoms with Crippen LogP contribution in [0.4, 0.5) is 15.9 Å². The summed E-state index contributed by atoms with van der Waals surface area (Å²) in [5, 5.41) is 12.9. The van der Waals surface area contributed by atoms with Gasteiger partial charge in [-0.15, -0.1) is 0 Å². The van der Waals surface area contributed by atoms with Crippen LogP contribution in [0.15, 0.2) is 42.6 Å². The maximum atomic E-state index is 13.7. The first-order valence-corrected chi connectivity index (χ1v) is 7.59. The Bertz CT molecular complexity index is 627. The molecule has 4 nitrogen and oxygen atoms in total. The molecule has 2 N–H and O–H groups in total. The minimum absolute atomic E-state index is 0.207. The van der Waals surface area contributed by atoms with Gasteiger partial charge in [0.2, 0.25) is 0 Å². The van der Waals surface area contributed by atoms with E-state index in [0.717, 1.165) is 37.4 Å². The van der Waals surface area contributed by atoms with E-state index in [0.29, 0.717) is 12.1 Å². The molecule has 0 saturated carbocycles. The fraction of sp³-hybridized carbons (Fsp3) is 0.353. The van der Waals surface area contributed by atoms with Crippen molar-refractivity contribution >= 4 is 11.5 Å². The lowest BCUT2D eigenvalue weighted by Crippen LogP contribution is -2.36. The fourth-order valence-corrected chi connectivity index (χ4v) is 2.70. The fourth-order valence-electron chi connectivity index (χ4n) is 2.70. The molecule has 116 valence electrons. The number of rotatable bonds is 4. The number of benzene rings is 1. The van der Waals surface area contributed by atoms with Crippen molar-refractivity contribution in [1.82, 2.24) is 4.98 Å². The first-order valence-electron chi connectivity index (χ1n) is 7.59. The van der Waals surface area contributed by atoms with Crippen LogP contribution in [-0.2, 0) is 6.54 Å². The van der Waals surface area contributed by atoms with Gasteiger partial charge in [-0.05, 0) is 31.0 Å². The minimum atomic E-state index is -0.213. The van der Waals surface area contributed by atoms with Crippen LogP contribution in [0.25, 0.3) is 0 Å². The highest BCUT2D eigenvalue weighted by Gasteiger charge is 2.20. The van der Waals surface area contributed by atoms with Crippen molar-refractivity contribution in [2.75, 3.05) is 23.3 Å². The molecule has 0 atom stereocenters. The van der Waals surface area contributed by atoms with E-state index in [9.17, 15) is 9.50 Å². The third-order valence-corrected chi connectivity index (χ3v) is 3.98. The van der Waals surface area contributed by atoms with Gasteiger partial charge in [-0.1, -0.05) is 18.2 Å². The van der Waals surface area contributed by atoms with Crippen molar-refractivity contribution < 1.29 is 9.50 Å². The molecule has 22 heavy (non-hydrogen) atoms. The highest BCUT2D eigenvalue weighted by atomic mass is 19.1. The number of aromatic nitrogens is 1. The van der Waals surface area contributed by atoms with E-state index in [-0.39, 0.29) is 11.9 Å². The third-order valence-electron chi connectivity index (χ3n) is 3.98. The molecule has 2 aromatic rings. The molecule has 1 fully saturated rings. The highest BCUT2D eigenvalue weighted by molar-refractivity contribution is 5.65. The molecular formula is C17H20FN3O. The van der Waals surface area contributed by atoms with E-state index >= 15 is 0 Å². The van der Waals surface area contributed by atoms with Gasteiger partial charge in [0.1, 0.15) is 5.82 Å². The second kappa shape index (κ2) is 6.75. The van der Waals surface area contributed by atoms with E-state index < -0.39 is 0 Å². The van der Waals surface area contributed by atoms with E-state index in [1.54, 1.807) is 18.3 Å². The lowest BCUT2D eigenvalue weighted by Gasteiger charge is -2.31. The van der Waals surface area contributed by atoms with Crippen molar-refractivity contribution in [1.29, 1.82) is 0 Å². The zero-order valence-corrected chi connectivity index (χ0v) is 12.4. The molecule has 0 spiro atoms. The molecule has 0 aliphatic carbocycles. The number of aliphatic hydroxyl groups excluding tert-OH is 1. The second-order valence-electron chi connectivity index (χ2n) is 5.54. The van der Waals surface area contributed by atoms with Gasteiger partial charge in [0.15, 0.2) is 5.82 Å². The van der Waals surface area contributed by atoms with Gasteiger partial charge >= 0.3 is 0 Å². The van der Waals surface area contributed by atoms with Gasteiger partial charge in [-0.2, -0.15) is 0 Å². The predicted octanol–water partition coefficient (Wildman–Crippen LogP) is 2.79. The van der Waals surface area contributed by atoms with Crippen LogP contribution in [0, 0.1) is 5.82 Å². The van der Waals surface area contributed by atoms with Crippen LogP contribution in [0.5, 0.6) is 0 Å². The quantitative estimate of drug-likeness (QED) is 0.911. The number of halogens is 1. The van der Waals surface area contributed by atoms with Gasteiger partial charge in [0.25, 0.3) is 0 Å². The summed E-state index contributed by atoms with van der Waals surface area (Å²) in [5.41, 5.74) is 1.52. The topological polar surface area (TPSA) is 48.4 Å². The lowest BCUT2D eigenvalue weighted by atomic mass is 10.1. The Kier molecular flexibility index (Phi) is 4.53. The maximum absolute atomic E-state index is 13.7. The summed E-state index contributed by atoms with van der Waals surface area (Å²) in [6.45, 7) is 1.99. The predicted molar refractivity (Wildman–Crippen MR) is 85.4 cm³/mol. The maximum Gasteiger partial charge on any atom is 0.151 e. The van der Waals surface area contributed by atoms with E-state index in [1.165, 1.54) is 6.07 Å². The Balaban J connectivity index is 1.73. The number of anilines is 2. The van der Waals surface area contributed by atoms with Crippen molar-refractivity contribution in [2.45, 2.75) is 25.5 Å². The molecule has 0 amide bonds. The van der Waals surface area contributed by atoms with Crippen molar-refractivity contribution in [3.63, 3.8) is 0 Å². The average molecular weight is 301 g/mol. The molecule has 1 aliphatic heterocycles. The molecule has 1 saturated heterocycles. The smallest absolute Gasteiger partial charge is 0.151 e. The molecule has 1 aromatic carbocycles. The zero-order valence-electron chi connectivity index (χ0n) is 12.4. The van der Waals surface area contributed by atoms with Crippen LogP contribution in [0.1, 0.15) is 18.4 Å². The summed E-state index contributed by atoms with van der Waals surface area (Å²) >= 11 is 0. The van der Waals surface area contributed by atoms with Gasteiger partial charge in [-0.3, -0.25) is 0 Å². The zero-order chi connectivity index (χ0) is 15.4. The van der Waals surface area contributed by atoms with Crippen LogP contribution >= 0.6 is 0 Å². The van der Waals surface area contributed by atoms with Crippen LogP contribution in [0.2, 0.25) is 0 Å². The summed E-state index contributed by atoms with van der Waals surface area (Å²) < 4.78 is 13.7. The van der Waals surface area contributed by atoms with Crippen molar-refractivity contribution in [3.05, 3.63) is 54.0 Å². The number of nitrogens with zero attached hydrogens (tertiary/aromatic N) is 2. The molecule has 0 bridgehead atoms. The Morgan fingerprint density at radius 3 is 2.73 bits per heavy atom. The number of aliphatic hydroxyl groups is 1. The molecule has 3 rings (SSSR count). The SMILES string of the molecule is OC1CCN(c2ncccc2NCc2ccccc2F)CC1. The van der Waals surface area contributed by atoms with Crippen LogP contribution < -0.4 is 10.2 Å². The Hall–Kier alpha value is -2.14. The standard InChI is InChI=1S/C17H20FN3O/c18-15-5-2-1-4-13(15)12-20-16-6-3-9-19-17(16)21-10-7-14(22)8-11-21/h1-6,9,14,20,22H,7-8,10-12H2. The van der Waals surface area contributed by atoms with Crippen LogP contribution in [-0.4, -0.2) is 29.3 Å². The first-order chi connectivity index (χ1) is 10.7. The molecule has 0 unspecified atom stereocenters. The van der Waals surface area contributed by atoms with E-state index in [1.807, 2.05) is 18.2 Å². The van der Waals surface area contributed by atoms with Crippen molar-refractivity contribution in [3.8, 4) is 0 Å². The Morgan fingerprint density at radius 2 is 1.95 bits per heavy atom. The van der Waals surface area contributed by atoms with Crippen molar-refractivity contribution in [2.24, 2.45) is 0 Å². The first kappa shape index (κ1) is 14.8. The normalized spacial score (nSPS) is 15.8. The third kappa shape index (κ3) is 3.36. The summed E-state index contributed by atoms with van der Waals surface area (Å²) in [6.07, 6.45) is 3.05. The number of nitrogens with one attached hydrogen (secondary N) is 1. The summed E-state index contributed by atoms with van der Waals surface area (Å²) in [5.74, 6) is 0.660. The van der Waals surface area contributed by atoms with Crippen LogP contribution in [0.3, 0.4) is 0 Å². The van der Waals surface area contributed by atoms with E-state index in [4.69, 9.17) is 0 Å². The number of piperidine rings is 1. The van der Waals surface area contributed by atoms with Gasteiger partial charge < -0.3 is 15.3 Å². The van der Waals surface area contributed by atoms with Gasteiger partial charge in [0, 0.05) is 31.4 Å². The van der Waals surface area contributed by atoms with E-state index in [2.05, 4.69) is 15.2 Å². The summed E-state index contributed by atoms with van der Waals surface area (Å²) in [7, 11) is 0. The molecule has 1 aliphatic rings. The number of hydrogen-bond acceptors (Lipinski definition) is 4. The number of hydrogen-bond donors (Lipinski definition) is 2. The molecule has 5 heteroatoms. The molecule has 2 heterocycles. The Labute approximate surface area is 129 Å². The molecular weight excluding hydrogens is 281 g/mol. The largest absolute Gasteiger partial charge is 0.393 e.